The standard InChI is InChI=1S/C18H23BrN2O3.C17H22N2O4/c1-20-15-8-7-14(24-2)9-16(15)21(18(20)23)11-12-3-5-13(6-4-12)17(22)10-19;1-18-14-8-7-13(23-2)9-15(14)19(17(18)22)10-11-3-5-12(6-4-11)16(20)21/h7-9,12-13H,3-6,10-11H2,1-2H3;7-9,11-12H,3-6,10H2,1-2H3,(H,20,21). The number of nitrogens with zero attached hydrogens (tertiary/aromatic N) is 4. The first-order chi connectivity index (χ1) is 22.6. The van der Waals surface area contributed by atoms with Crippen molar-refractivity contribution < 1.29 is 24.2 Å². The minimum absolute atomic E-state index is 0.0110. The second kappa shape index (κ2) is 15.0. The molecule has 12 heteroatoms. The third-order valence-corrected chi connectivity index (χ3v) is 10.8. The van der Waals surface area contributed by atoms with Crippen molar-refractivity contribution in [2.75, 3.05) is 19.5 Å². The number of rotatable bonds is 9. The topological polar surface area (TPSA) is 127 Å². The molecule has 4 aromatic rings. The van der Waals surface area contributed by atoms with Crippen LogP contribution in [0.2, 0.25) is 0 Å². The molecule has 2 heterocycles. The number of ether oxygens (including phenoxy) is 2. The van der Waals surface area contributed by atoms with E-state index in [2.05, 4.69) is 15.9 Å². The first-order valence-electron chi connectivity index (χ1n) is 16.3. The minimum atomic E-state index is -0.699. The molecule has 0 saturated heterocycles. The van der Waals surface area contributed by atoms with Crippen molar-refractivity contribution in [1.82, 2.24) is 18.3 Å². The number of fused-ring (bicyclic) bond motifs is 2. The lowest BCUT2D eigenvalue weighted by molar-refractivity contribution is -0.143. The van der Waals surface area contributed by atoms with Crippen LogP contribution in [0, 0.1) is 23.7 Å². The molecule has 0 atom stereocenters. The normalized spacial score (nSPS) is 21.3. The highest BCUT2D eigenvalue weighted by molar-refractivity contribution is 9.09. The number of benzene rings is 2. The van der Waals surface area contributed by atoms with Crippen LogP contribution in [-0.4, -0.2) is 54.7 Å². The number of Topliss-reactive ketones (excluding diaryl/α,β-unsaturated/α-hetero) is 1. The number of hydrogen-bond acceptors (Lipinski definition) is 6. The summed E-state index contributed by atoms with van der Waals surface area (Å²) in [4.78, 5) is 48.0. The van der Waals surface area contributed by atoms with Gasteiger partial charge in [-0.3, -0.25) is 27.9 Å². The number of aliphatic carboxylic acids is 1. The molecule has 2 aliphatic rings. The van der Waals surface area contributed by atoms with Crippen molar-refractivity contribution in [2.45, 2.75) is 64.5 Å². The number of alkyl halides is 1. The molecule has 0 amide bonds. The Balaban J connectivity index is 0.000000185. The molecule has 2 aromatic heterocycles. The number of carbonyl (C=O) groups excluding carboxylic acids is 1. The summed E-state index contributed by atoms with van der Waals surface area (Å²) in [6.45, 7) is 1.34. The lowest BCUT2D eigenvalue weighted by atomic mass is 9.80. The fourth-order valence-corrected chi connectivity index (χ4v) is 7.73. The van der Waals surface area contributed by atoms with Gasteiger partial charge in [0, 0.05) is 45.2 Å². The number of aryl methyl sites for hydroxylation is 2. The lowest BCUT2D eigenvalue weighted by Crippen LogP contribution is -2.29. The minimum Gasteiger partial charge on any atom is -0.497 e. The summed E-state index contributed by atoms with van der Waals surface area (Å²) in [5.41, 5.74) is 3.57. The van der Waals surface area contributed by atoms with E-state index in [-0.39, 0.29) is 23.2 Å². The monoisotopic (exact) mass is 712 g/mol. The summed E-state index contributed by atoms with van der Waals surface area (Å²) in [5.74, 6) is 1.84. The number of carboxylic acids is 1. The van der Waals surface area contributed by atoms with Crippen LogP contribution >= 0.6 is 15.9 Å². The molecule has 2 aromatic carbocycles. The van der Waals surface area contributed by atoms with Gasteiger partial charge in [0.15, 0.2) is 0 Å². The van der Waals surface area contributed by atoms with Crippen LogP contribution in [0.15, 0.2) is 46.0 Å². The van der Waals surface area contributed by atoms with Gasteiger partial charge in [0.1, 0.15) is 17.3 Å². The summed E-state index contributed by atoms with van der Waals surface area (Å²) in [6.07, 6.45) is 6.95. The van der Waals surface area contributed by atoms with E-state index in [1.807, 2.05) is 41.0 Å². The molecule has 11 nitrogen and oxygen atoms in total. The fraction of sp³-hybridized carbons (Fsp3) is 0.543. The van der Waals surface area contributed by atoms with E-state index < -0.39 is 5.97 Å². The highest BCUT2D eigenvalue weighted by Crippen LogP contribution is 2.32. The van der Waals surface area contributed by atoms with E-state index in [0.717, 1.165) is 72.1 Å². The molecule has 0 spiro atoms. The zero-order valence-corrected chi connectivity index (χ0v) is 29.2. The fourth-order valence-electron chi connectivity index (χ4n) is 7.27. The summed E-state index contributed by atoms with van der Waals surface area (Å²) >= 11 is 3.26. The molecule has 47 heavy (non-hydrogen) atoms. The van der Waals surface area contributed by atoms with E-state index in [0.29, 0.717) is 48.9 Å². The summed E-state index contributed by atoms with van der Waals surface area (Å²) in [5, 5.41) is 9.54. The molecule has 2 aliphatic carbocycles. The lowest BCUT2D eigenvalue weighted by Gasteiger charge is -2.27. The first-order valence-corrected chi connectivity index (χ1v) is 17.5. The summed E-state index contributed by atoms with van der Waals surface area (Å²) in [6, 6.07) is 11.4. The van der Waals surface area contributed by atoms with Crippen LogP contribution in [0.25, 0.3) is 22.1 Å². The Bertz CT molecular complexity index is 1850. The molecular weight excluding hydrogens is 668 g/mol. The van der Waals surface area contributed by atoms with Crippen molar-refractivity contribution in [2.24, 2.45) is 37.8 Å². The van der Waals surface area contributed by atoms with Gasteiger partial charge in [-0.15, -0.1) is 0 Å². The third-order valence-electron chi connectivity index (χ3n) is 10.2. The maximum atomic E-state index is 12.6. The maximum Gasteiger partial charge on any atom is 0.328 e. The Morgan fingerprint density at radius 2 is 1.11 bits per heavy atom. The van der Waals surface area contributed by atoms with E-state index in [4.69, 9.17) is 14.6 Å². The predicted molar refractivity (Wildman–Crippen MR) is 185 cm³/mol. The largest absolute Gasteiger partial charge is 0.497 e. The molecular formula is C35H45BrN4O7. The number of ketones is 1. The van der Waals surface area contributed by atoms with Gasteiger partial charge in [0.2, 0.25) is 0 Å². The van der Waals surface area contributed by atoms with Gasteiger partial charge in [-0.25, -0.2) is 9.59 Å². The van der Waals surface area contributed by atoms with E-state index in [1.54, 1.807) is 42.0 Å². The molecule has 0 radical (unpaired) electrons. The zero-order chi connectivity index (χ0) is 33.8. The van der Waals surface area contributed by atoms with Crippen LogP contribution < -0.4 is 20.9 Å². The molecule has 0 aliphatic heterocycles. The molecule has 254 valence electrons. The van der Waals surface area contributed by atoms with Crippen molar-refractivity contribution in [3.63, 3.8) is 0 Å². The average molecular weight is 714 g/mol. The Morgan fingerprint density at radius 1 is 0.702 bits per heavy atom. The number of aromatic nitrogens is 4. The van der Waals surface area contributed by atoms with Crippen molar-refractivity contribution >= 4 is 49.7 Å². The molecule has 6 rings (SSSR count). The zero-order valence-electron chi connectivity index (χ0n) is 27.6. The summed E-state index contributed by atoms with van der Waals surface area (Å²) in [7, 11) is 6.82. The van der Waals surface area contributed by atoms with Crippen LogP contribution in [0.5, 0.6) is 11.5 Å². The Kier molecular flexibility index (Phi) is 11.0. The highest BCUT2D eigenvalue weighted by atomic mass is 79.9. The molecule has 1 N–H and O–H groups in total. The third kappa shape index (κ3) is 7.37. The maximum absolute atomic E-state index is 12.6. The molecule has 2 saturated carbocycles. The van der Waals surface area contributed by atoms with Gasteiger partial charge in [-0.05, 0) is 87.5 Å². The van der Waals surface area contributed by atoms with Crippen molar-refractivity contribution in [3.8, 4) is 11.5 Å². The van der Waals surface area contributed by atoms with E-state index in [1.165, 1.54) is 0 Å². The molecule has 0 bridgehead atoms. The number of carboxylic acid groups (broad SMARTS) is 1. The Hall–Kier alpha value is -3.80. The smallest absolute Gasteiger partial charge is 0.328 e. The second-order valence-corrected chi connectivity index (χ2v) is 13.5. The first kappa shape index (κ1) is 34.5. The van der Waals surface area contributed by atoms with Crippen LogP contribution in [-0.2, 0) is 36.8 Å². The van der Waals surface area contributed by atoms with Gasteiger partial charge in [0.05, 0.1) is 47.5 Å². The molecule has 2 fully saturated rings. The van der Waals surface area contributed by atoms with Crippen LogP contribution in [0.1, 0.15) is 51.4 Å². The number of halogens is 1. The number of hydrogen-bond donors (Lipinski definition) is 1. The van der Waals surface area contributed by atoms with Gasteiger partial charge in [0.25, 0.3) is 0 Å². The second-order valence-electron chi connectivity index (χ2n) is 13.0. The van der Waals surface area contributed by atoms with E-state index >= 15 is 0 Å². The Morgan fingerprint density at radius 3 is 1.47 bits per heavy atom. The van der Waals surface area contributed by atoms with Gasteiger partial charge in [-0.2, -0.15) is 0 Å². The van der Waals surface area contributed by atoms with E-state index in [9.17, 15) is 19.2 Å². The number of imidazole rings is 2. The van der Waals surface area contributed by atoms with Crippen molar-refractivity contribution in [1.29, 1.82) is 0 Å². The van der Waals surface area contributed by atoms with Gasteiger partial charge >= 0.3 is 17.3 Å². The average Bonchev–Trinajstić information content (AvgIpc) is 3.47. The SMILES string of the molecule is COc1ccc2c(c1)n(CC1CCC(C(=O)CBr)CC1)c(=O)n2C.COc1ccc2c(c1)n(CC1CCC(C(=O)O)CC1)c(=O)n2C. The quantitative estimate of drug-likeness (QED) is 0.232. The highest BCUT2D eigenvalue weighted by Gasteiger charge is 2.28. The number of carbonyl (C=O) groups is 2. The summed E-state index contributed by atoms with van der Waals surface area (Å²) < 4.78 is 17.6. The van der Waals surface area contributed by atoms with Gasteiger partial charge in [-0.1, -0.05) is 15.9 Å². The number of methoxy groups -OCH3 is 2. The van der Waals surface area contributed by atoms with Crippen LogP contribution in [0.4, 0.5) is 0 Å². The van der Waals surface area contributed by atoms with Crippen molar-refractivity contribution in [3.05, 3.63) is 57.4 Å². The Labute approximate surface area is 282 Å². The predicted octanol–water partition coefficient (Wildman–Crippen LogP) is 5.36. The van der Waals surface area contributed by atoms with Gasteiger partial charge < -0.3 is 14.6 Å². The van der Waals surface area contributed by atoms with Crippen LogP contribution in [0.3, 0.4) is 0 Å². The molecule has 0 unspecified atom stereocenters.